The second kappa shape index (κ2) is 23.9. The van der Waals surface area contributed by atoms with Crippen LogP contribution in [0.3, 0.4) is 0 Å². The highest BCUT2D eigenvalue weighted by molar-refractivity contribution is 5.97. The summed E-state index contributed by atoms with van der Waals surface area (Å²) in [6.07, 6.45) is 6.45. The van der Waals surface area contributed by atoms with Gasteiger partial charge in [0, 0.05) is 56.0 Å². The first kappa shape index (κ1) is 44.8. The highest BCUT2D eigenvalue weighted by Gasteiger charge is 2.26. The normalized spacial score (nSPS) is 15.3. The minimum Gasteiger partial charge on any atom is -0.478 e. The van der Waals surface area contributed by atoms with Crippen LogP contribution in [0.2, 0.25) is 0 Å². The van der Waals surface area contributed by atoms with E-state index in [4.69, 9.17) is 14.6 Å². The van der Waals surface area contributed by atoms with Gasteiger partial charge in [-0.2, -0.15) is 0 Å². The second-order valence-electron chi connectivity index (χ2n) is 14.1. The third-order valence-corrected chi connectivity index (χ3v) is 9.63. The molecule has 11 nitrogen and oxygen atoms in total. The molecule has 0 bridgehead atoms. The minimum atomic E-state index is -1.13. The fourth-order valence-electron chi connectivity index (χ4n) is 6.16. The molecule has 0 aliphatic carbocycles. The van der Waals surface area contributed by atoms with E-state index in [9.17, 15) is 19.5 Å². The van der Waals surface area contributed by atoms with Crippen molar-refractivity contribution in [1.82, 2.24) is 15.1 Å². The summed E-state index contributed by atoms with van der Waals surface area (Å²) in [4.78, 5) is 39.6. The number of aliphatic hydroxyl groups is 1. The number of esters is 1. The molecule has 310 valence electrons. The van der Waals surface area contributed by atoms with E-state index in [1.54, 1.807) is 54.6 Å². The first-order chi connectivity index (χ1) is 29.2. The van der Waals surface area contributed by atoms with Crippen molar-refractivity contribution in [2.24, 2.45) is 0 Å². The molecule has 2 aliphatic heterocycles. The number of benzene rings is 4. The molecule has 0 saturated carbocycles. The van der Waals surface area contributed by atoms with Gasteiger partial charge in [-0.1, -0.05) is 72.2 Å². The number of carboxylic acid groups (broad SMARTS) is 1. The van der Waals surface area contributed by atoms with Crippen molar-refractivity contribution in [3.05, 3.63) is 154 Å². The van der Waals surface area contributed by atoms with Gasteiger partial charge in [-0.05, 0) is 102 Å². The van der Waals surface area contributed by atoms with E-state index in [0.29, 0.717) is 5.56 Å². The maximum atomic E-state index is 12.4. The van der Waals surface area contributed by atoms with Gasteiger partial charge in [0.2, 0.25) is 0 Å². The number of carboxylic acids is 1. The maximum absolute atomic E-state index is 12.4. The SMILES string of the molecule is COC(=O)[C@@H](NC(=O)c1ccc(C#C/C=C\c2ccc(CN3CCOCC3)cc2)cc1)[C@@H](C)O.O=C(O)c1ccc(C#C/C=C\c2ccc(CN3CCOCC3)cc2)cc1. The quantitative estimate of drug-likeness (QED) is 0.131. The molecule has 0 spiro atoms. The largest absolute Gasteiger partial charge is 0.478 e. The van der Waals surface area contributed by atoms with Gasteiger partial charge in [-0.15, -0.1) is 0 Å². The Balaban J connectivity index is 0.000000236. The fourth-order valence-corrected chi connectivity index (χ4v) is 6.16. The summed E-state index contributed by atoms with van der Waals surface area (Å²) in [5.74, 6) is 9.90. The van der Waals surface area contributed by atoms with Crippen molar-refractivity contribution >= 4 is 30.0 Å². The average Bonchev–Trinajstić information content (AvgIpc) is 3.28. The van der Waals surface area contributed by atoms with Gasteiger partial charge in [0.15, 0.2) is 6.04 Å². The summed E-state index contributed by atoms with van der Waals surface area (Å²) in [7, 11) is 1.20. The van der Waals surface area contributed by atoms with E-state index >= 15 is 0 Å². The monoisotopic (exact) mass is 809 g/mol. The third kappa shape index (κ3) is 15.1. The Morgan fingerprint density at radius 2 is 1.10 bits per heavy atom. The maximum Gasteiger partial charge on any atom is 0.335 e. The van der Waals surface area contributed by atoms with Crippen molar-refractivity contribution < 1.29 is 38.8 Å². The lowest BCUT2D eigenvalue weighted by molar-refractivity contribution is -0.145. The topological polar surface area (TPSA) is 138 Å². The molecular weight excluding hydrogens is 759 g/mol. The van der Waals surface area contributed by atoms with Crippen LogP contribution in [0.4, 0.5) is 0 Å². The molecule has 4 aromatic carbocycles. The first-order valence-electron chi connectivity index (χ1n) is 19.8. The molecule has 0 aromatic heterocycles. The Hall–Kier alpha value is -6.31. The zero-order valence-electron chi connectivity index (χ0n) is 34.0. The van der Waals surface area contributed by atoms with Crippen LogP contribution in [0.1, 0.15) is 61.0 Å². The second-order valence-corrected chi connectivity index (χ2v) is 14.1. The molecule has 2 aliphatic rings. The first-order valence-corrected chi connectivity index (χ1v) is 19.8. The third-order valence-electron chi connectivity index (χ3n) is 9.63. The number of carbonyl (C=O) groups excluding carboxylic acids is 2. The van der Waals surface area contributed by atoms with E-state index in [2.05, 4.69) is 92.1 Å². The zero-order chi connectivity index (χ0) is 42.5. The van der Waals surface area contributed by atoms with Crippen LogP contribution in [-0.2, 0) is 32.1 Å². The van der Waals surface area contributed by atoms with Crippen LogP contribution in [0, 0.1) is 23.7 Å². The number of methoxy groups -OCH3 is 1. The van der Waals surface area contributed by atoms with Crippen molar-refractivity contribution in [3.63, 3.8) is 0 Å². The van der Waals surface area contributed by atoms with E-state index < -0.39 is 30.0 Å². The molecule has 4 aromatic rings. The number of allylic oxidation sites excluding steroid dienone is 2. The molecule has 2 atom stereocenters. The highest BCUT2D eigenvalue weighted by atomic mass is 16.5. The predicted molar refractivity (Wildman–Crippen MR) is 232 cm³/mol. The number of nitrogens with zero attached hydrogens (tertiary/aromatic N) is 2. The predicted octanol–water partition coefficient (Wildman–Crippen LogP) is 5.52. The summed E-state index contributed by atoms with van der Waals surface area (Å²) in [5, 5.41) is 21.0. The van der Waals surface area contributed by atoms with Gasteiger partial charge in [0.1, 0.15) is 0 Å². The number of ether oxygens (including phenoxy) is 3. The molecule has 2 fully saturated rings. The van der Waals surface area contributed by atoms with Gasteiger partial charge >= 0.3 is 11.9 Å². The van der Waals surface area contributed by atoms with Crippen molar-refractivity contribution in [2.45, 2.75) is 32.2 Å². The number of carbonyl (C=O) groups is 3. The number of nitrogens with one attached hydrogen (secondary N) is 1. The van der Waals surface area contributed by atoms with Gasteiger partial charge in [0.25, 0.3) is 5.91 Å². The van der Waals surface area contributed by atoms with E-state index in [-0.39, 0.29) is 5.56 Å². The molecule has 2 saturated heterocycles. The number of morpholine rings is 2. The smallest absolute Gasteiger partial charge is 0.335 e. The van der Waals surface area contributed by atoms with Crippen LogP contribution in [0.5, 0.6) is 0 Å². The molecule has 60 heavy (non-hydrogen) atoms. The molecule has 0 unspecified atom stereocenters. The number of rotatable bonds is 11. The summed E-state index contributed by atoms with van der Waals surface area (Å²) < 4.78 is 15.4. The van der Waals surface area contributed by atoms with Crippen molar-refractivity contribution in [1.29, 1.82) is 0 Å². The van der Waals surface area contributed by atoms with E-state index in [1.807, 2.05) is 18.2 Å². The lowest BCUT2D eigenvalue weighted by atomic mass is 10.1. The Kier molecular flexibility index (Phi) is 17.9. The number of hydrogen-bond donors (Lipinski definition) is 3. The Bertz CT molecular complexity index is 2180. The molecule has 2 heterocycles. The molecule has 0 radical (unpaired) electrons. The molecule has 3 N–H and O–H groups in total. The van der Waals surface area contributed by atoms with Crippen LogP contribution >= 0.6 is 0 Å². The number of aromatic carboxylic acids is 1. The van der Waals surface area contributed by atoms with Crippen LogP contribution in [-0.4, -0.2) is 110 Å². The molecule has 6 rings (SSSR count). The average molecular weight is 810 g/mol. The number of aliphatic hydroxyl groups excluding tert-OH is 1. The lowest BCUT2D eigenvalue weighted by Gasteiger charge is -2.26. The van der Waals surface area contributed by atoms with Crippen LogP contribution in [0.15, 0.2) is 109 Å². The fraction of sp³-hybridized carbons (Fsp3) is 0.286. The summed E-state index contributed by atoms with van der Waals surface area (Å²) in [5.41, 5.74) is 6.92. The lowest BCUT2D eigenvalue weighted by Crippen LogP contribution is -2.48. The molecule has 1 amide bonds. The number of amides is 1. The molecular formula is C49H51N3O8. The van der Waals surface area contributed by atoms with E-state index in [1.165, 1.54) is 25.2 Å². The Morgan fingerprint density at radius 3 is 1.48 bits per heavy atom. The standard InChI is InChI=1S/C27H30N2O5.C22H21NO3/c1-20(30)25(27(32)33-2)28-26(31)24-13-11-22(12-14-24)6-4-3-5-21-7-9-23(10-8-21)19-29-15-17-34-18-16-29;24-22(25)21-11-9-19(10-12-21)4-2-1-3-18-5-7-20(8-6-18)17-23-13-15-26-16-14-23/h3,5,7-14,20,25,30H,15-19H2,1-2H3,(H,28,31);1,3,5-12H,13-17H2,(H,24,25)/b5-3-;3-1-/t20-,25+;/m1./s1. The Morgan fingerprint density at radius 1 is 0.683 bits per heavy atom. The van der Waals surface area contributed by atoms with Gasteiger partial charge in [-0.25, -0.2) is 9.59 Å². The zero-order valence-corrected chi connectivity index (χ0v) is 34.0. The highest BCUT2D eigenvalue weighted by Crippen LogP contribution is 2.12. The summed E-state index contributed by atoms with van der Waals surface area (Å²) >= 11 is 0. The van der Waals surface area contributed by atoms with Crippen LogP contribution < -0.4 is 5.32 Å². The molecule has 11 heteroatoms. The van der Waals surface area contributed by atoms with Crippen molar-refractivity contribution in [2.75, 3.05) is 59.7 Å². The van der Waals surface area contributed by atoms with Gasteiger partial charge in [0.05, 0.1) is 45.2 Å². The Labute approximate surface area is 352 Å². The number of hydrogen-bond acceptors (Lipinski definition) is 9. The van der Waals surface area contributed by atoms with Gasteiger partial charge in [-0.3, -0.25) is 14.6 Å². The summed E-state index contributed by atoms with van der Waals surface area (Å²) in [6, 6.07) is 29.0. The van der Waals surface area contributed by atoms with E-state index in [0.717, 1.165) is 87.9 Å². The van der Waals surface area contributed by atoms with Gasteiger partial charge < -0.3 is 29.7 Å². The van der Waals surface area contributed by atoms with Crippen molar-refractivity contribution in [3.8, 4) is 23.7 Å². The van der Waals surface area contributed by atoms with Crippen LogP contribution in [0.25, 0.3) is 12.2 Å². The minimum absolute atomic E-state index is 0.267. The summed E-state index contributed by atoms with van der Waals surface area (Å²) in [6.45, 7) is 10.5.